The first kappa shape index (κ1) is 18.4. The van der Waals surface area contributed by atoms with E-state index in [1.807, 2.05) is 30.5 Å². The molecule has 0 aliphatic rings. The second kappa shape index (κ2) is 7.85. The molecule has 0 bridgehead atoms. The number of carbonyl (C=O) groups is 1. The average molecular weight is 386 g/mol. The third-order valence-corrected chi connectivity index (χ3v) is 7.27. The van der Waals surface area contributed by atoms with Gasteiger partial charge in [-0.05, 0) is 42.6 Å². The first-order valence-corrected chi connectivity index (χ1v) is 10.6. The molecule has 3 rings (SSSR count). The van der Waals surface area contributed by atoms with Crippen LogP contribution in [0.3, 0.4) is 0 Å². The minimum absolute atomic E-state index is 0.0184. The third kappa shape index (κ3) is 4.03. The van der Waals surface area contributed by atoms with Crippen LogP contribution in [0.1, 0.15) is 26.0 Å². The van der Waals surface area contributed by atoms with Gasteiger partial charge in [-0.25, -0.2) is 8.42 Å². The summed E-state index contributed by atoms with van der Waals surface area (Å²) in [6.07, 6.45) is 0. The van der Waals surface area contributed by atoms with E-state index in [9.17, 15) is 13.2 Å². The molecule has 2 aromatic carbocycles. The van der Waals surface area contributed by atoms with Gasteiger partial charge in [0.25, 0.3) is 5.91 Å². The van der Waals surface area contributed by atoms with E-state index in [4.69, 9.17) is 0 Å². The predicted molar refractivity (Wildman–Crippen MR) is 104 cm³/mol. The minimum Gasteiger partial charge on any atom is -0.350 e. The number of amides is 1. The zero-order chi connectivity index (χ0) is 18.6. The molecule has 0 fully saturated rings. The first-order valence-electron chi connectivity index (χ1n) is 8.15. The van der Waals surface area contributed by atoms with E-state index in [0.29, 0.717) is 10.4 Å². The predicted octanol–water partition coefficient (Wildman–Crippen LogP) is 4.00. The van der Waals surface area contributed by atoms with Gasteiger partial charge in [0.15, 0.2) is 9.84 Å². The molecule has 4 nitrogen and oxygen atoms in total. The zero-order valence-corrected chi connectivity index (χ0v) is 15.9. The molecule has 6 heteroatoms. The van der Waals surface area contributed by atoms with Crippen molar-refractivity contribution in [2.24, 2.45) is 0 Å². The summed E-state index contributed by atoms with van der Waals surface area (Å²) < 4.78 is 26.2. The molecule has 0 spiro atoms. The number of hydrogen-bond donors (Lipinski definition) is 1. The lowest BCUT2D eigenvalue weighted by molar-refractivity contribution is 0.0953. The molecule has 1 amide bonds. The maximum atomic E-state index is 13.1. The number of rotatable bonds is 6. The zero-order valence-electron chi connectivity index (χ0n) is 14.3. The molecular weight excluding hydrogens is 366 g/mol. The summed E-state index contributed by atoms with van der Waals surface area (Å²) in [6, 6.07) is 19.1. The van der Waals surface area contributed by atoms with Crippen LogP contribution < -0.4 is 5.32 Å². The number of benzene rings is 2. The molecule has 0 aliphatic heterocycles. The van der Waals surface area contributed by atoms with Gasteiger partial charge in [-0.15, -0.1) is 11.3 Å². The molecule has 3 aromatic rings. The lowest BCUT2D eigenvalue weighted by Gasteiger charge is -2.17. The Hall–Kier alpha value is -2.44. The van der Waals surface area contributed by atoms with Crippen molar-refractivity contribution in [2.75, 3.05) is 6.54 Å². The Morgan fingerprint density at radius 3 is 2.46 bits per heavy atom. The molecule has 0 saturated carbocycles. The molecule has 1 aromatic heterocycles. The fraction of sp³-hybridized carbons (Fsp3) is 0.150. The molecule has 26 heavy (non-hydrogen) atoms. The highest BCUT2D eigenvalue weighted by molar-refractivity contribution is 7.91. The van der Waals surface area contributed by atoms with Crippen LogP contribution in [0.25, 0.3) is 0 Å². The van der Waals surface area contributed by atoms with Crippen LogP contribution in [0.5, 0.6) is 0 Å². The highest BCUT2D eigenvalue weighted by Gasteiger charge is 2.30. The van der Waals surface area contributed by atoms with Crippen molar-refractivity contribution in [3.05, 3.63) is 88.1 Å². The van der Waals surface area contributed by atoms with Gasteiger partial charge in [0.2, 0.25) is 0 Å². The summed E-state index contributed by atoms with van der Waals surface area (Å²) >= 11 is 1.37. The molecule has 0 aliphatic carbocycles. The van der Waals surface area contributed by atoms with Crippen LogP contribution in [0.2, 0.25) is 0 Å². The first-order chi connectivity index (χ1) is 12.5. The Morgan fingerprint density at radius 2 is 1.81 bits per heavy atom. The van der Waals surface area contributed by atoms with Crippen LogP contribution in [0.4, 0.5) is 0 Å². The maximum Gasteiger partial charge on any atom is 0.251 e. The SMILES string of the molecule is Cc1cccc(C(=O)NCC(c2cccs2)S(=O)(=O)c2ccccc2)c1. The van der Waals surface area contributed by atoms with Crippen LogP contribution >= 0.6 is 11.3 Å². The highest BCUT2D eigenvalue weighted by Crippen LogP contribution is 2.31. The van der Waals surface area contributed by atoms with Crippen LogP contribution in [0.15, 0.2) is 77.0 Å². The summed E-state index contributed by atoms with van der Waals surface area (Å²) in [5, 5.41) is 3.80. The van der Waals surface area contributed by atoms with Crippen LogP contribution in [-0.4, -0.2) is 20.9 Å². The van der Waals surface area contributed by atoms with Crippen molar-refractivity contribution in [1.29, 1.82) is 0 Å². The topological polar surface area (TPSA) is 63.2 Å². The number of hydrogen-bond acceptors (Lipinski definition) is 4. The van der Waals surface area contributed by atoms with Crippen molar-refractivity contribution >= 4 is 27.1 Å². The highest BCUT2D eigenvalue weighted by atomic mass is 32.2. The molecule has 1 N–H and O–H groups in total. The Bertz CT molecular complexity index is 981. The quantitative estimate of drug-likeness (QED) is 0.697. The number of sulfone groups is 1. The van der Waals surface area contributed by atoms with Crippen LogP contribution in [-0.2, 0) is 9.84 Å². The van der Waals surface area contributed by atoms with E-state index in [2.05, 4.69) is 5.32 Å². The second-order valence-electron chi connectivity index (χ2n) is 5.94. The van der Waals surface area contributed by atoms with E-state index in [0.717, 1.165) is 5.56 Å². The lowest BCUT2D eigenvalue weighted by atomic mass is 10.1. The van der Waals surface area contributed by atoms with Crippen molar-refractivity contribution in [2.45, 2.75) is 17.1 Å². The lowest BCUT2D eigenvalue weighted by Crippen LogP contribution is -2.31. The van der Waals surface area contributed by atoms with Gasteiger partial charge >= 0.3 is 0 Å². The van der Waals surface area contributed by atoms with Crippen LogP contribution in [0, 0.1) is 6.92 Å². The number of aryl methyl sites for hydroxylation is 1. The van der Waals surface area contributed by atoms with E-state index in [-0.39, 0.29) is 17.3 Å². The summed E-state index contributed by atoms with van der Waals surface area (Å²) in [5.74, 6) is -0.279. The third-order valence-electron chi connectivity index (χ3n) is 4.04. The molecule has 1 heterocycles. The maximum absolute atomic E-state index is 13.1. The normalized spacial score (nSPS) is 12.5. The molecule has 1 atom stereocenters. The van der Waals surface area contributed by atoms with Gasteiger partial charge in [0.1, 0.15) is 5.25 Å². The van der Waals surface area contributed by atoms with Gasteiger partial charge in [-0.1, -0.05) is 42.0 Å². The Morgan fingerprint density at radius 1 is 1.04 bits per heavy atom. The fourth-order valence-electron chi connectivity index (χ4n) is 2.69. The van der Waals surface area contributed by atoms with E-state index >= 15 is 0 Å². The van der Waals surface area contributed by atoms with Crippen molar-refractivity contribution in [3.63, 3.8) is 0 Å². The van der Waals surface area contributed by atoms with Gasteiger partial charge in [0, 0.05) is 17.0 Å². The summed E-state index contributed by atoms with van der Waals surface area (Å²) in [4.78, 5) is 13.4. The summed E-state index contributed by atoms with van der Waals surface area (Å²) in [7, 11) is -3.61. The summed E-state index contributed by atoms with van der Waals surface area (Å²) in [6.45, 7) is 1.93. The second-order valence-corrected chi connectivity index (χ2v) is 9.05. The fourth-order valence-corrected chi connectivity index (χ4v) is 5.49. The Kier molecular flexibility index (Phi) is 5.54. The number of thiophene rings is 1. The average Bonchev–Trinajstić information content (AvgIpc) is 3.16. The molecule has 134 valence electrons. The van der Waals surface area contributed by atoms with Crippen molar-refractivity contribution < 1.29 is 13.2 Å². The Labute approximate surface area is 157 Å². The van der Waals surface area contributed by atoms with E-state index in [1.54, 1.807) is 48.5 Å². The number of carbonyl (C=O) groups excluding carboxylic acids is 1. The van der Waals surface area contributed by atoms with Gasteiger partial charge in [0.05, 0.1) is 4.90 Å². The standard InChI is InChI=1S/C20H19NO3S2/c1-15-7-5-8-16(13-15)20(22)21-14-19(18-11-6-12-25-18)26(23,24)17-9-3-2-4-10-17/h2-13,19H,14H2,1H3,(H,21,22). The van der Waals surface area contributed by atoms with Gasteiger partial charge in [-0.3, -0.25) is 4.79 Å². The Balaban J connectivity index is 1.85. The largest absolute Gasteiger partial charge is 0.350 e. The minimum atomic E-state index is -3.61. The molecule has 1 unspecified atom stereocenters. The number of nitrogens with one attached hydrogen (secondary N) is 1. The molecule has 0 radical (unpaired) electrons. The molecule has 0 saturated heterocycles. The van der Waals surface area contributed by atoms with Crippen molar-refractivity contribution in [3.8, 4) is 0 Å². The van der Waals surface area contributed by atoms with Gasteiger partial charge < -0.3 is 5.32 Å². The van der Waals surface area contributed by atoms with Gasteiger partial charge in [-0.2, -0.15) is 0 Å². The van der Waals surface area contributed by atoms with E-state index in [1.165, 1.54) is 11.3 Å². The monoisotopic (exact) mass is 385 g/mol. The summed E-state index contributed by atoms with van der Waals surface area (Å²) in [5.41, 5.74) is 1.50. The van der Waals surface area contributed by atoms with E-state index < -0.39 is 15.1 Å². The smallest absolute Gasteiger partial charge is 0.251 e. The molecular formula is C20H19NO3S2. The van der Waals surface area contributed by atoms with Crippen molar-refractivity contribution in [1.82, 2.24) is 5.32 Å².